The summed E-state index contributed by atoms with van der Waals surface area (Å²) in [6, 6.07) is -0.259. The number of Topliss-reactive ketones (excluding diaryl/α,β-unsaturated/α-hetero) is 1. The van der Waals surface area contributed by atoms with Crippen LogP contribution in [0.5, 0.6) is 0 Å². The number of hydrogen-bond donors (Lipinski definition) is 0. The van der Waals surface area contributed by atoms with Crippen molar-refractivity contribution in [3.05, 3.63) is 0 Å². The fraction of sp³-hybridized carbons (Fsp3) is 0.800. The number of carbonyl (C=O) groups is 2. The van der Waals surface area contributed by atoms with Crippen LogP contribution in [0.25, 0.3) is 0 Å². The summed E-state index contributed by atoms with van der Waals surface area (Å²) in [4.78, 5) is 24.1. The zero-order valence-corrected chi connectivity index (χ0v) is 9.16. The molecule has 0 unspecified atom stereocenters. The molecule has 1 heterocycles. The maximum Gasteiger partial charge on any atom is 0.411 e. The van der Waals surface area contributed by atoms with Crippen molar-refractivity contribution in [2.45, 2.75) is 45.8 Å². The van der Waals surface area contributed by atoms with E-state index in [9.17, 15) is 9.59 Å². The Balaban J connectivity index is 2.51. The highest BCUT2D eigenvalue weighted by molar-refractivity contribution is 5.97. The quantitative estimate of drug-likeness (QED) is 0.644. The molecule has 1 atom stereocenters. The standard InChI is InChI=1S/C10H17NO3/c1-5-7-8(12)6-11(7)9(13)14-10(2,3)4/h7H,5-6H2,1-4H3/t7-/m1/s1. The van der Waals surface area contributed by atoms with E-state index >= 15 is 0 Å². The molecule has 0 aliphatic carbocycles. The summed E-state index contributed by atoms with van der Waals surface area (Å²) in [6.45, 7) is 7.53. The van der Waals surface area contributed by atoms with Gasteiger partial charge >= 0.3 is 6.09 Å². The Morgan fingerprint density at radius 2 is 2.14 bits per heavy atom. The van der Waals surface area contributed by atoms with E-state index in [-0.39, 0.29) is 24.5 Å². The second-order valence-corrected chi connectivity index (χ2v) is 4.50. The largest absolute Gasteiger partial charge is 0.444 e. The van der Waals surface area contributed by atoms with Crippen molar-refractivity contribution in [3.8, 4) is 0 Å². The molecular formula is C10H17NO3. The van der Waals surface area contributed by atoms with Crippen LogP contribution in [0.15, 0.2) is 0 Å². The van der Waals surface area contributed by atoms with Gasteiger partial charge in [0, 0.05) is 0 Å². The van der Waals surface area contributed by atoms with E-state index in [1.807, 2.05) is 27.7 Å². The highest BCUT2D eigenvalue weighted by Gasteiger charge is 2.41. The maximum absolute atomic E-state index is 11.5. The third-order valence-electron chi connectivity index (χ3n) is 2.09. The van der Waals surface area contributed by atoms with E-state index in [1.165, 1.54) is 4.90 Å². The minimum absolute atomic E-state index is 0.123. The van der Waals surface area contributed by atoms with Gasteiger partial charge in [0.1, 0.15) is 5.60 Å². The van der Waals surface area contributed by atoms with E-state index in [0.717, 1.165) is 0 Å². The minimum Gasteiger partial charge on any atom is -0.444 e. The average Bonchev–Trinajstić information content (AvgIpc) is 1.97. The molecule has 1 aliphatic heterocycles. The molecule has 1 rings (SSSR count). The van der Waals surface area contributed by atoms with Crippen molar-refractivity contribution < 1.29 is 14.3 Å². The number of ketones is 1. The van der Waals surface area contributed by atoms with Gasteiger partial charge in [-0.1, -0.05) is 6.92 Å². The van der Waals surface area contributed by atoms with Crippen molar-refractivity contribution in [2.75, 3.05) is 6.54 Å². The molecule has 0 N–H and O–H groups in total. The van der Waals surface area contributed by atoms with Crippen LogP contribution in [0.3, 0.4) is 0 Å². The van der Waals surface area contributed by atoms with Gasteiger partial charge in [0.15, 0.2) is 5.78 Å². The van der Waals surface area contributed by atoms with Crippen LogP contribution < -0.4 is 0 Å². The first-order chi connectivity index (χ1) is 6.35. The third-order valence-corrected chi connectivity index (χ3v) is 2.09. The van der Waals surface area contributed by atoms with Crippen LogP contribution in [0.1, 0.15) is 34.1 Å². The lowest BCUT2D eigenvalue weighted by Crippen LogP contribution is -2.59. The molecule has 0 aromatic heterocycles. The molecule has 80 valence electrons. The first-order valence-corrected chi connectivity index (χ1v) is 4.87. The Morgan fingerprint density at radius 3 is 2.50 bits per heavy atom. The second kappa shape index (κ2) is 3.59. The van der Waals surface area contributed by atoms with E-state index in [1.54, 1.807) is 0 Å². The maximum atomic E-state index is 11.5. The first-order valence-electron chi connectivity index (χ1n) is 4.87. The first kappa shape index (κ1) is 11.0. The van der Waals surface area contributed by atoms with Gasteiger partial charge in [0.25, 0.3) is 0 Å². The molecule has 0 saturated carbocycles. The Labute approximate surface area is 84.2 Å². The Bertz CT molecular complexity index is 255. The van der Waals surface area contributed by atoms with Gasteiger partial charge in [-0.15, -0.1) is 0 Å². The number of ether oxygens (including phenoxy) is 1. The van der Waals surface area contributed by atoms with Crippen LogP contribution in [-0.4, -0.2) is 35.0 Å². The number of likely N-dealkylation sites (tertiary alicyclic amines) is 1. The molecule has 0 spiro atoms. The Hall–Kier alpha value is -1.06. The van der Waals surface area contributed by atoms with Crippen molar-refractivity contribution in [3.63, 3.8) is 0 Å². The zero-order chi connectivity index (χ0) is 10.9. The molecule has 0 aromatic carbocycles. The van der Waals surface area contributed by atoms with Crippen LogP contribution in [-0.2, 0) is 9.53 Å². The average molecular weight is 199 g/mol. The molecule has 1 saturated heterocycles. The van der Waals surface area contributed by atoms with Gasteiger partial charge in [-0.25, -0.2) is 4.79 Å². The smallest absolute Gasteiger partial charge is 0.411 e. The van der Waals surface area contributed by atoms with E-state index in [0.29, 0.717) is 6.42 Å². The number of hydrogen-bond acceptors (Lipinski definition) is 3. The summed E-state index contributed by atoms with van der Waals surface area (Å²) < 4.78 is 5.16. The number of rotatable bonds is 1. The lowest BCUT2D eigenvalue weighted by Gasteiger charge is -2.39. The van der Waals surface area contributed by atoms with Crippen LogP contribution in [0.2, 0.25) is 0 Å². The van der Waals surface area contributed by atoms with Gasteiger partial charge in [-0.05, 0) is 27.2 Å². The van der Waals surface area contributed by atoms with Gasteiger partial charge in [-0.3, -0.25) is 9.69 Å². The van der Waals surface area contributed by atoms with Crippen molar-refractivity contribution in [2.24, 2.45) is 0 Å². The fourth-order valence-electron chi connectivity index (χ4n) is 1.41. The molecule has 1 amide bonds. The van der Waals surface area contributed by atoms with Gasteiger partial charge < -0.3 is 4.74 Å². The summed E-state index contributed by atoms with van der Waals surface area (Å²) in [5.41, 5.74) is -0.492. The number of amides is 1. The number of carbonyl (C=O) groups excluding carboxylic acids is 2. The molecule has 14 heavy (non-hydrogen) atoms. The van der Waals surface area contributed by atoms with Crippen LogP contribution in [0, 0.1) is 0 Å². The highest BCUT2D eigenvalue weighted by atomic mass is 16.6. The van der Waals surface area contributed by atoms with E-state index in [4.69, 9.17) is 4.74 Å². The predicted molar refractivity (Wildman–Crippen MR) is 52.0 cm³/mol. The molecule has 0 bridgehead atoms. The summed E-state index contributed by atoms with van der Waals surface area (Å²) in [5, 5.41) is 0. The zero-order valence-electron chi connectivity index (χ0n) is 9.16. The number of nitrogens with zero attached hydrogens (tertiary/aromatic N) is 1. The molecule has 4 nitrogen and oxygen atoms in total. The second-order valence-electron chi connectivity index (χ2n) is 4.50. The van der Waals surface area contributed by atoms with E-state index < -0.39 is 5.60 Å². The van der Waals surface area contributed by atoms with E-state index in [2.05, 4.69) is 0 Å². The van der Waals surface area contributed by atoms with Crippen LogP contribution >= 0.6 is 0 Å². The summed E-state index contributed by atoms with van der Waals surface area (Å²) in [7, 11) is 0. The summed E-state index contributed by atoms with van der Waals surface area (Å²) in [5.74, 6) is 0.123. The molecule has 1 aliphatic rings. The van der Waals surface area contributed by atoms with Gasteiger partial charge in [0.2, 0.25) is 0 Å². The van der Waals surface area contributed by atoms with Crippen molar-refractivity contribution in [1.82, 2.24) is 4.90 Å². The third kappa shape index (κ3) is 2.25. The van der Waals surface area contributed by atoms with Crippen LogP contribution in [0.4, 0.5) is 4.79 Å². The monoisotopic (exact) mass is 199 g/mol. The Kier molecular flexibility index (Phi) is 2.83. The molecular weight excluding hydrogens is 182 g/mol. The van der Waals surface area contributed by atoms with Crippen molar-refractivity contribution >= 4 is 11.9 Å². The normalized spacial score (nSPS) is 21.9. The Morgan fingerprint density at radius 1 is 1.57 bits per heavy atom. The predicted octanol–water partition coefficient (Wildman–Crippen LogP) is 1.58. The topological polar surface area (TPSA) is 46.6 Å². The van der Waals surface area contributed by atoms with Gasteiger partial charge in [0.05, 0.1) is 12.6 Å². The lowest BCUT2D eigenvalue weighted by atomic mass is 10.00. The highest BCUT2D eigenvalue weighted by Crippen LogP contribution is 2.20. The fourth-order valence-corrected chi connectivity index (χ4v) is 1.41. The van der Waals surface area contributed by atoms with Gasteiger partial charge in [-0.2, -0.15) is 0 Å². The molecule has 0 radical (unpaired) electrons. The summed E-state index contributed by atoms with van der Waals surface area (Å²) in [6.07, 6.45) is 0.280. The SMILES string of the molecule is CC[C@@H]1C(=O)CN1C(=O)OC(C)(C)C. The van der Waals surface area contributed by atoms with Crippen molar-refractivity contribution in [1.29, 1.82) is 0 Å². The molecule has 0 aromatic rings. The lowest BCUT2D eigenvalue weighted by molar-refractivity contribution is -0.135. The molecule has 1 fully saturated rings. The summed E-state index contributed by atoms with van der Waals surface area (Å²) >= 11 is 0. The molecule has 4 heteroatoms. The minimum atomic E-state index is -0.492.